The zero-order valence-electron chi connectivity index (χ0n) is 18.8. The Morgan fingerprint density at radius 3 is 2.50 bits per heavy atom. The molecule has 0 aliphatic carbocycles. The third-order valence-electron chi connectivity index (χ3n) is 5.73. The Hall–Kier alpha value is -4.20. The summed E-state index contributed by atoms with van der Waals surface area (Å²) < 4.78 is 34.6. The third kappa shape index (κ3) is 3.98. The van der Waals surface area contributed by atoms with Crippen molar-refractivity contribution in [2.75, 3.05) is 5.32 Å². The number of rotatable bonds is 5. The van der Waals surface area contributed by atoms with Crippen LogP contribution in [-0.2, 0) is 0 Å². The Labute approximate surface area is 194 Å². The van der Waals surface area contributed by atoms with Gasteiger partial charge in [-0.1, -0.05) is 41.6 Å². The molecule has 6 nitrogen and oxygen atoms in total. The van der Waals surface area contributed by atoms with Crippen LogP contribution in [-0.4, -0.2) is 11.0 Å². The van der Waals surface area contributed by atoms with E-state index in [-0.39, 0.29) is 11.1 Å². The number of amidine groups is 1. The van der Waals surface area contributed by atoms with Crippen molar-refractivity contribution < 1.29 is 18.4 Å². The molecule has 0 saturated carbocycles. The zero-order chi connectivity index (χ0) is 24.6. The predicted molar refractivity (Wildman–Crippen MR) is 128 cm³/mol. The topological polar surface area (TPSA) is 101 Å². The molecule has 1 heterocycles. The van der Waals surface area contributed by atoms with Gasteiger partial charge in [-0.15, -0.1) is 0 Å². The molecule has 0 bridgehead atoms. The van der Waals surface area contributed by atoms with Crippen molar-refractivity contribution in [2.45, 2.75) is 26.8 Å². The van der Waals surface area contributed by atoms with Crippen LogP contribution in [0.15, 0.2) is 69.0 Å². The van der Waals surface area contributed by atoms with Gasteiger partial charge in [-0.2, -0.15) is 0 Å². The number of benzene rings is 3. The second kappa shape index (κ2) is 8.97. The summed E-state index contributed by atoms with van der Waals surface area (Å²) in [6.07, 6.45) is 0. The Morgan fingerprint density at radius 1 is 1.12 bits per heavy atom. The lowest BCUT2D eigenvalue weighted by Crippen LogP contribution is -2.20. The van der Waals surface area contributed by atoms with Gasteiger partial charge in [-0.25, -0.2) is 8.78 Å². The molecule has 1 atom stereocenters. The number of hydrogen-bond acceptors (Lipinski definition) is 5. The highest BCUT2D eigenvalue weighted by atomic mass is 19.2. The smallest absolute Gasteiger partial charge is 0.196 e. The molecule has 4 rings (SSSR count). The van der Waals surface area contributed by atoms with Crippen LogP contribution in [0.5, 0.6) is 0 Å². The molecule has 0 fully saturated rings. The van der Waals surface area contributed by atoms with Crippen molar-refractivity contribution >= 4 is 22.5 Å². The van der Waals surface area contributed by atoms with E-state index in [4.69, 9.17) is 15.4 Å². The summed E-state index contributed by atoms with van der Waals surface area (Å²) >= 11 is 0. The van der Waals surface area contributed by atoms with Gasteiger partial charge in [-0.3, -0.25) is 4.79 Å². The van der Waals surface area contributed by atoms with Gasteiger partial charge in [0.1, 0.15) is 11.3 Å². The molecule has 174 valence electrons. The van der Waals surface area contributed by atoms with Crippen LogP contribution in [0.25, 0.3) is 22.3 Å². The van der Waals surface area contributed by atoms with E-state index in [1.807, 2.05) is 43.3 Å². The molecule has 4 N–H and O–H groups in total. The molecule has 0 saturated heterocycles. The summed E-state index contributed by atoms with van der Waals surface area (Å²) in [6, 6.07) is 14.7. The highest BCUT2D eigenvalue weighted by molar-refractivity contribution is 6.02. The molecule has 3 aromatic carbocycles. The first-order chi connectivity index (χ1) is 16.2. The molecule has 0 aliphatic heterocycles. The van der Waals surface area contributed by atoms with E-state index in [9.17, 15) is 13.6 Å². The van der Waals surface area contributed by atoms with Gasteiger partial charge in [0, 0.05) is 22.4 Å². The van der Waals surface area contributed by atoms with Crippen molar-refractivity contribution in [1.82, 2.24) is 0 Å². The standard InChI is InChI=1S/C26H23F2N3O3/c1-13-11-17(15(3)30-20-10-9-19(27)22(28)21(20)26(29)31-33)25-18(12-13)23(32)14(2)24(34-25)16-7-5-4-6-8-16/h4-12,15,30,33H,1-3H3,(H2,29,31)/t15-/m1/s1. The molecule has 0 radical (unpaired) electrons. The van der Waals surface area contributed by atoms with E-state index in [1.54, 1.807) is 19.9 Å². The van der Waals surface area contributed by atoms with Gasteiger partial charge in [0.15, 0.2) is 22.9 Å². The normalized spacial score (nSPS) is 12.7. The van der Waals surface area contributed by atoms with Crippen LogP contribution in [0.4, 0.5) is 14.5 Å². The highest BCUT2D eigenvalue weighted by Gasteiger charge is 2.22. The molecule has 0 unspecified atom stereocenters. The van der Waals surface area contributed by atoms with Gasteiger partial charge in [-0.05, 0) is 44.5 Å². The lowest BCUT2D eigenvalue weighted by molar-refractivity contribution is 0.318. The van der Waals surface area contributed by atoms with Crippen LogP contribution in [0, 0.1) is 25.5 Å². The molecular formula is C26H23F2N3O3. The van der Waals surface area contributed by atoms with Gasteiger partial charge < -0.3 is 20.7 Å². The van der Waals surface area contributed by atoms with E-state index in [2.05, 4.69) is 10.5 Å². The minimum absolute atomic E-state index is 0.120. The Bertz CT molecular complexity index is 1480. The Balaban J connectivity index is 1.90. The second-order valence-electron chi connectivity index (χ2n) is 8.12. The average Bonchev–Trinajstić information content (AvgIpc) is 2.83. The molecule has 0 aliphatic rings. The van der Waals surface area contributed by atoms with Crippen molar-refractivity contribution in [1.29, 1.82) is 0 Å². The van der Waals surface area contributed by atoms with Crippen molar-refractivity contribution in [2.24, 2.45) is 10.9 Å². The number of nitrogens with zero attached hydrogens (tertiary/aromatic N) is 1. The first-order valence-corrected chi connectivity index (χ1v) is 10.6. The van der Waals surface area contributed by atoms with E-state index in [0.717, 1.165) is 17.2 Å². The number of aryl methyl sites for hydroxylation is 1. The quantitative estimate of drug-likeness (QED) is 0.154. The fraction of sp³-hybridized carbons (Fsp3) is 0.154. The Morgan fingerprint density at radius 2 is 1.82 bits per heavy atom. The van der Waals surface area contributed by atoms with E-state index < -0.39 is 29.1 Å². The Kier molecular flexibility index (Phi) is 6.06. The summed E-state index contributed by atoms with van der Waals surface area (Å²) in [5, 5.41) is 15.4. The van der Waals surface area contributed by atoms with Crippen molar-refractivity contribution in [3.8, 4) is 11.3 Å². The fourth-order valence-corrected chi connectivity index (χ4v) is 4.04. The van der Waals surface area contributed by atoms with Crippen molar-refractivity contribution in [3.63, 3.8) is 0 Å². The van der Waals surface area contributed by atoms with Gasteiger partial charge in [0.2, 0.25) is 0 Å². The molecule has 0 amide bonds. The molecule has 8 heteroatoms. The maximum Gasteiger partial charge on any atom is 0.196 e. The van der Waals surface area contributed by atoms with E-state index in [1.165, 1.54) is 6.07 Å². The average molecular weight is 463 g/mol. The lowest BCUT2D eigenvalue weighted by atomic mass is 9.98. The van der Waals surface area contributed by atoms with Gasteiger partial charge in [0.05, 0.1) is 17.0 Å². The third-order valence-corrected chi connectivity index (χ3v) is 5.73. The number of hydrogen-bond donors (Lipinski definition) is 3. The summed E-state index contributed by atoms with van der Waals surface area (Å²) in [7, 11) is 0. The molecule has 4 aromatic rings. The minimum atomic E-state index is -1.24. The van der Waals surface area contributed by atoms with Crippen LogP contribution >= 0.6 is 0 Å². The summed E-state index contributed by atoms with van der Waals surface area (Å²) in [5.74, 6) is -2.49. The van der Waals surface area contributed by atoms with Crippen molar-refractivity contribution in [3.05, 3.63) is 98.7 Å². The van der Waals surface area contributed by atoms with Crippen LogP contribution < -0.4 is 16.5 Å². The van der Waals surface area contributed by atoms with Gasteiger partial charge in [0.25, 0.3) is 0 Å². The maximum absolute atomic E-state index is 14.5. The first kappa shape index (κ1) is 23.0. The number of fused-ring (bicyclic) bond motifs is 1. The van der Waals surface area contributed by atoms with Crippen LogP contribution in [0.2, 0.25) is 0 Å². The number of anilines is 1. The first-order valence-electron chi connectivity index (χ1n) is 10.6. The predicted octanol–water partition coefficient (Wildman–Crippen LogP) is 5.62. The summed E-state index contributed by atoms with van der Waals surface area (Å²) in [4.78, 5) is 13.2. The summed E-state index contributed by atoms with van der Waals surface area (Å²) in [6.45, 7) is 5.37. The van der Waals surface area contributed by atoms with E-state index in [0.29, 0.717) is 27.9 Å². The number of halogens is 2. The molecule has 34 heavy (non-hydrogen) atoms. The van der Waals surface area contributed by atoms with E-state index >= 15 is 0 Å². The largest absolute Gasteiger partial charge is 0.455 e. The minimum Gasteiger partial charge on any atom is -0.455 e. The molecular weight excluding hydrogens is 440 g/mol. The fourth-order valence-electron chi connectivity index (χ4n) is 4.04. The lowest BCUT2D eigenvalue weighted by Gasteiger charge is -2.20. The van der Waals surface area contributed by atoms with Crippen LogP contribution in [0.1, 0.15) is 35.2 Å². The number of oxime groups is 1. The number of nitrogens with one attached hydrogen (secondary N) is 1. The second-order valence-corrected chi connectivity index (χ2v) is 8.12. The van der Waals surface area contributed by atoms with Crippen LogP contribution in [0.3, 0.4) is 0 Å². The summed E-state index contributed by atoms with van der Waals surface area (Å²) in [5.41, 5.74) is 8.29. The molecule has 0 spiro atoms. The van der Waals surface area contributed by atoms with Gasteiger partial charge >= 0.3 is 0 Å². The SMILES string of the molecule is Cc1cc([C@@H](C)Nc2ccc(F)c(F)c2C(N)=NO)c2oc(-c3ccccc3)c(C)c(=O)c2c1. The highest BCUT2D eigenvalue weighted by Crippen LogP contribution is 2.33. The number of nitrogens with two attached hydrogens (primary N) is 1. The zero-order valence-corrected chi connectivity index (χ0v) is 18.8. The monoisotopic (exact) mass is 463 g/mol. The maximum atomic E-state index is 14.5. The molecule has 1 aromatic heterocycles.